The minimum absolute atomic E-state index is 0.115. The molecule has 0 aliphatic carbocycles. The molecule has 0 N–H and O–H groups in total. The molecule has 1 aromatic carbocycles. The third-order valence-electron chi connectivity index (χ3n) is 3.78. The maximum absolute atomic E-state index is 13.0. The van der Waals surface area contributed by atoms with Crippen molar-refractivity contribution in [1.29, 1.82) is 0 Å². The Kier molecular flexibility index (Phi) is 4.95. The number of benzene rings is 1. The van der Waals surface area contributed by atoms with Crippen LogP contribution >= 0.6 is 23.5 Å². The number of hydrogen-bond donors (Lipinski definition) is 0. The van der Waals surface area contributed by atoms with Crippen LogP contribution in [0.3, 0.4) is 0 Å². The molecule has 1 fully saturated rings. The number of aromatic nitrogens is 2. The zero-order valence-corrected chi connectivity index (χ0v) is 14.5. The molecule has 5 nitrogen and oxygen atoms in total. The fourth-order valence-corrected chi connectivity index (χ4v) is 4.32. The third-order valence-corrected chi connectivity index (χ3v) is 5.53. The summed E-state index contributed by atoms with van der Waals surface area (Å²) in [5.41, 5.74) is 2.39. The molecular formula is C15H20N4OS2. The number of hydrogen-bond acceptors (Lipinski definition) is 6. The quantitative estimate of drug-likeness (QED) is 0.860. The molecule has 2 aromatic rings. The van der Waals surface area contributed by atoms with Gasteiger partial charge >= 0.3 is 0 Å². The molecule has 1 saturated heterocycles. The predicted molar refractivity (Wildman–Crippen MR) is 92.7 cm³/mol. The van der Waals surface area contributed by atoms with Crippen LogP contribution in [0, 0.1) is 0 Å². The van der Waals surface area contributed by atoms with Gasteiger partial charge in [0.1, 0.15) is 11.0 Å². The molecule has 1 aliphatic rings. The average molecular weight is 336 g/mol. The number of carbonyl (C=O) groups excluding carboxylic acids is 1. The van der Waals surface area contributed by atoms with E-state index in [1.807, 2.05) is 34.9 Å². The van der Waals surface area contributed by atoms with Crippen molar-refractivity contribution in [2.75, 3.05) is 38.7 Å². The molecule has 2 heterocycles. The van der Waals surface area contributed by atoms with Crippen molar-refractivity contribution >= 4 is 40.4 Å². The van der Waals surface area contributed by atoms with E-state index in [2.05, 4.69) is 27.7 Å². The summed E-state index contributed by atoms with van der Waals surface area (Å²) in [5.74, 6) is 2.25. The van der Waals surface area contributed by atoms with Gasteiger partial charge in [-0.25, -0.2) is 0 Å². The fourth-order valence-electron chi connectivity index (χ4n) is 2.75. The van der Waals surface area contributed by atoms with Gasteiger partial charge in [-0.15, -0.1) is 0 Å². The molecule has 0 bridgehead atoms. The van der Waals surface area contributed by atoms with Crippen LogP contribution in [0.1, 0.15) is 16.8 Å². The fraction of sp³-hybridized carbons (Fsp3) is 0.533. The van der Waals surface area contributed by atoms with E-state index < -0.39 is 0 Å². The van der Waals surface area contributed by atoms with Gasteiger partial charge in [0.2, 0.25) is 0 Å². The average Bonchev–Trinajstić information content (AvgIpc) is 2.85. The van der Waals surface area contributed by atoms with Gasteiger partial charge < -0.3 is 9.80 Å². The van der Waals surface area contributed by atoms with Crippen molar-refractivity contribution in [3.05, 3.63) is 23.8 Å². The highest BCUT2D eigenvalue weighted by atomic mass is 32.2. The standard InChI is InChI=1S/C15H20N4OS2/c1-18(2)9-12-10-21-7-3-6-19(12)15(20)11-4-5-13-14(8-11)17-22-16-13/h4-5,8,12H,3,6-7,9-10H2,1-2H3. The lowest BCUT2D eigenvalue weighted by atomic mass is 10.1. The molecule has 0 spiro atoms. The van der Waals surface area contributed by atoms with Gasteiger partial charge in [-0.05, 0) is 44.5 Å². The van der Waals surface area contributed by atoms with Crippen LogP contribution in [0.2, 0.25) is 0 Å². The molecule has 7 heteroatoms. The lowest BCUT2D eigenvalue weighted by molar-refractivity contribution is 0.0676. The molecule has 3 rings (SSSR count). The van der Waals surface area contributed by atoms with Crippen LogP contribution in [0.15, 0.2) is 18.2 Å². The summed E-state index contributed by atoms with van der Waals surface area (Å²) < 4.78 is 8.44. The van der Waals surface area contributed by atoms with E-state index in [4.69, 9.17) is 0 Å². The zero-order valence-electron chi connectivity index (χ0n) is 12.9. The van der Waals surface area contributed by atoms with Gasteiger partial charge in [0.25, 0.3) is 5.91 Å². The molecule has 0 radical (unpaired) electrons. The van der Waals surface area contributed by atoms with Crippen molar-refractivity contribution in [2.45, 2.75) is 12.5 Å². The Labute approximate surface area is 139 Å². The summed E-state index contributed by atoms with van der Waals surface area (Å²) in [6.45, 7) is 1.73. The monoisotopic (exact) mass is 336 g/mol. The van der Waals surface area contributed by atoms with E-state index in [0.29, 0.717) is 0 Å². The molecule has 1 unspecified atom stereocenters. The number of likely N-dealkylation sites (N-methyl/N-ethyl adjacent to an activating group) is 1. The van der Waals surface area contributed by atoms with Crippen molar-refractivity contribution in [3.8, 4) is 0 Å². The highest BCUT2D eigenvalue weighted by Gasteiger charge is 2.27. The number of carbonyl (C=O) groups is 1. The summed E-state index contributed by atoms with van der Waals surface area (Å²) in [5, 5.41) is 0. The number of thioether (sulfide) groups is 1. The first kappa shape index (κ1) is 15.7. The Morgan fingerprint density at radius 1 is 1.36 bits per heavy atom. The molecule has 1 aliphatic heterocycles. The summed E-state index contributed by atoms with van der Waals surface area (Å²) in [6.07, 6.45) is 1.06. The van der Waals surface area contributed by atoms with Crippen molar-refractivity contribution in [3.63, 3.8) is 0 Å². The smallest absolute Gasteiger partial charge is 0.254 e. The number of fused-ring (bicyclic) bond motifs is 1. The highest BCUT2D eigenvalue weighted by Crippen LogP contribution is 2.21. The molecule has 1 aromatic heterocycles. The van der Waals surface area contributed by atoms with E-state index in [-0.39, 0.29) is 11.9 Å². The van der Waals surface area contributed by atoms with E-state index >= 15 is 0 Å². The minimum Gasteiger partial charge on any atom is -0.334 e. The van der Waals surface area contributed by atoms with Crippen LogP contribution in [-0.4, -0.2) is 69.2 Å². The largest absolute Gasteiger partial charge is 0.334 e. The van der Waals surface area contributed by atoms with Gasteiger partial charge in [0.05, 0.1) is 17.8 Å². The zero-order chi connectivity index (χ0) is 15.5. The van der Waals surface area contributed by atoms with Gasteiger partial charge in [-0.2, -0.15) is 20.5 Å². The Balaban J connectivity index is 1.86. The molecule has 1 amide bonds. The maximum Gasteiger partial charge on any atom is 0.254 e. The van der Waals surface area contributed by atoms with Gasteiger partial charge in [0, 0.05) is 24.4 Å². The Morgan fingerprint density at radius 2 is 2.18 bits per heavy atom. The van der Waals surface area contributed by atoms with Crippen LogP contribution in [0.5, 0.6) is 0 Å². The van der Waals surface area contributed by atoms with E-state index in [0.717, 1.165) is 47.6 Å². The third kappa shape index (κ3) is 3.42. The summed E-state index contributed by atoms with van der Waals surface area (Å²) in [6, 6.07) is 5.89. The number of nitrogens with zero attached hydrogens (tertiary/aromatic N) is 4. The molecular weight excluding hydrogens is 316 g/mol. The van der Waals surface area contributed by atoms with Gasteiger partial charge in [0.15, 0.2) is 0 Å². The lowest BCUT2D eigenvalue weighted by Gasteiger charge is -2.31. The topological polar surface area (TPSA) is 49.3 Å². The predicted octanol–water partition coefficient (Wildman–Crippen LogP) is 2.20. The highest BCUT2D eigenvalue weighted by molar-refractivity contribution is 7.99. The Hall–Kier alpha value is -1.18. The molecule has 118 valence electrons. The van der Waals surface area contributed by atoms with Crippen LogP contribution in [0.4, 0.5) is 0 Å². The second-order valence-corrected chi connectivity index (χ2v) is 7.49. The van der Waals surface area contributed by atoms with Crippen molar-refractivity contribution in [2.24, 2.45) is 0 Å². The normalized spacial score (nSPS) is 19.6. The number of rotatable bonds is 3. The minimum atomic E-state index is 0.115. The molecule has 1 atom stereocenters. The maximum atomic E-state index is 13.0. The van der Waals surface area contributed by atoms with Crippen molar-refractivity contribution < 1.29 is 4.79 Å². The van der Waals surface area contributed by atoms with Crippen LogP contribution in [-0.2, 0) is 0 Å². The summed E-state index contributed by atoms with van der Waals surface area (Å²) in [4.78, 5) is 17.2. The van der Waals surface area contributed by atoms with Crippen LogP contribution in [0.25, 0.3) is 11.0 Å². The second kappa shape index (κ2) is 6.93. The van der Waals surface area contributed by atoms with E-state index in [9.17, 15) is 4.79 Å². The Bertz CT molecular complexity index is 658. The first-order valence-electron chi connectivity index (χ1n) is 7.41. The van der Waals surface area contributed by atoms with E-state index in [1.165, 1.54) is 11.7 Å². The summed E-state index contributed by atoms with van der Waals surface area (Å²) >= 11 is 3.13. The van der Waals surface area contributed by atoms with Crippen molar-refractivity contribution in [1.82, 2.24) is 18.5 Å². The second-order valence-electron chi connectivity index (χ2n) is 5.81. The summed E-state index contributed by atoms with van der Waals surface area (Å²) in [7, 11) is 4.12. The molecule has 22 heavy (non-hydrogen) atoms. The first-order valence-corrected chi connectivity index (χ1v) is 9.29. The molecule has 0 saturated carbocycles. The number of amides is 1. The van der Waals surface area contributed by atoms with Gasteiger partial charge in [-0.1, -0.05) is 0 Å². The van der Waals surface area contributed by atoms with E-state index in [1.54, 1.807) is 0 Å². The first-order chi connectivity index (χ1) is 10.6. The van der Waals surface area contributed by atoms with Gasteiger partial charge in [-0.3, -0.25) is 4.79 Å². The van der Waals surface area contributed by atoms with Crippen LogP contribution < -0.4 is 0 Å². The Morgan fingerprint density at radius 3 is 3.00 bits per heavy atom. The lowest BCUT2D eigenvalue weighted by Crippen LogP contribution is -2.46. The SMILES string of the molecule is CN(C)CC1CSCCCN1C(=O)c1ccc2nsnc2c1.